The van der Waals surface area contributed by atoms with E-state index in [0.29, 0.717) is 12.4 Å². The average molecular weight is 256 g/mol. The van der Waals surface area contributed by atoms with Gasteiger partial charge in [0, 0.05) is 32.9 Å². The summed E-state index contributed by atoms with van der Waals surface area (Å²) < 4.78 is 5.32. The van der Waals surface area contributed by atoms with Gasteiger partial charge in [0.1, 0.15) is 11.7 Å². The van der Waals surface area contributed by atoms with E-state index >= 15 is 0 Å². The number of rotatable bonds is 6. The number of hydrogen-bond acceptors (Lipinski definition) is 5. The third-order valence-electron chi connectivity index (χ3n) is 2.96. The van der Waals surface area contributed by atoms with E-state index in [-0.39, 0.29) is 12.1 Å². The summed E-state index contributed by atoms with van der Waals surface area (Å²) in [5.41, 5.74) is 5.80. The van der Waals surface area contributed by atoms with Gasteiger partial charge < -0.3 is 26.2 Å². The van der Waals surface area contributed by atoms with E-state index in [9.17, 15) is 0 Å². The maximum Gasteiger partial charge on any atom is 0.122 e. The fourth-order valence-electron chi connectivity index (χ4n) is 1.82. The van der Waals surface area contributed by atoms with Crippen LogP contribution in [0.1, 0.15) is 19.8 Å². The van der Waals surface area contributed by atoms with Gasteiger partial charge in [-0.1, -0.05) is 0 Å². The van der Waals surface area contributed by atoms with Crippen LogP contribution in [-0.2, 0) is 4.74 Å². The molecule has 0 aromatic heterocycles. The van der Waals surface area contributed by atoms with E-state index in [4.69, 9.17) is 15.6 Å². The quantitative estimate of drug-likeness (QED) is 0.382. The summed E-state index contributed by atoms with van der Waals surface area (Å²) in [6, 6.07) is 0. The van der Waals surface area contributed by atoms with Gasteiger partial charge in [-0.2, -0.15) is 0 Å². The minimum atomic E-state index is -0.130. The molecule has 1 heterocycles. The van der Waals surface area contributed by atoms with Crippen LogP contribution in [0, 0.1) is 0 Å². The topological polar surface area (TPSA) is 91.9 Å². The first-order valence-corrected chi connectivity index (χ1v) is 6.27. The molecule has 1 rings (SSSR count). The van der Waals surface area contributed by atoms with Crippen LogP contribution in [0.2, 0.25) is 0 Å². The molecule has 0 spiro atoms. The van der Waals surface area contributed by atoms with Crippen LogP contribution < -0.4 is 16.4 Å². The van der Waals surface area contributed by atoms with Crippen LogP contribution in [-0.4, -0.2) is 49.9 Å². The van der Waals surface area contributed by atoms with Crippen molar-refractivity contribution in [1.29, 1.82) is 0 Å². The number of amidine groups is 1. The van der Waals surface area contributed by atoms with E-state index in [1.165, 1.54) is 0 Å². The molecule has 0 amide bonds. The van der Waals surface area contributed by atoms with Gasteiger partial charge in [0.15, 0.2) is 0 Å². The molecular weight excluding hydrogens is 232 g/mol. The summed E-state index contributed by atoms with van der Waals surface area (Å²) >= 11 is 0. The lowest BCUT2D eigenvalue weighted by Gasteiger charge is -2.29. The molecule has 6 heteroatoms. The molecule has 18 heavy (non-hydrogen) atoms. The van der Waals surface area contributed by atoms with Crippen LogP contribution in [0.4, 0.5) is 0 Å². The molecule has 0 atom stereocenters. The fourth-order valence-corrected chi connectivity index (χ4v) is 1.82. The Bertz CT molecular complexity index is 309. The number of aliphatic imine (C=N–C) groups is 1. The smallest absolute Gasteiger partial charge is 0.122 e. The highest BCUT2D eigenvalue weighted by atomic mass is 16.5. The van der Waals surface area contributed by atoms with Gasteiger partial charge in [-0.05, 0) is 19.8 Å². The first-order valence-electron chi connectivity index (χ1n) is 6.27. The van der Waals surface area contributed by atoms with E-state index in [1.807, 2.05) is 0 Å². The lowest BCUT2D eigenvalue weighted by molar-refractivity contribution is 0.0602. The second kappa shape index (κ2) is 7.23. The van der Waals surface area contributed by atoms with E-state index in [0.717, 1.165) is 31.9 Å². The largest absolute Gasteiger partial charge is 0.395 e. The van der Waals surface area contributed by atoms with Gasteiger partial charge in [-0.25, -0.2) is 0 Å². The summed E-state index contributed by atoms with van der Waals surface area (Å²) in [6.07, 6.45) is 3.53. The second-order valence-corrected chi connectivity index (χ2v) is 4.60. The Hall–Kier alpha value is -1.27. The number of ether oxygens (including phenoxy) is 1. The Morgan fingerprint density at radius 1 is 1.50 bits per heavy atom. The lowest BCUT2D eigenvalue weighted by Crippen LogP contribution is -2.34. The Labute approximate surface area is 108 Å². The zero-order valence-electron chi connectivity index (χ0n) is 11.2. The summed E-state index contributed by atoms with van der Waals surface area (Å²) in [6.45, 7) is 4.11. The Morgan fingerprint density at radius 3 is 2.72 bits per heavy atom. The SMILES string of the molecule is CN/C(=C\C(N)=NC1(C)CCOCC1)NCCO. The molecule has 1 aliphatic heterocycles. The predicted octanol–water partition coefficient (Wildman–Crippen LogP) is -0.445. The van der Waals surface area contributed by atoms with E-state index in [1.54, 1.807) is 13.1 Å². The summed E-state index contributed by atoms with van der Waals surface area (Å²) in [5, 5.41) is 14.7. The maximum atomic E-state index is 8.75. The Kier molecular flexibility index (Phi) is 5.94. The summed E-state index contributed by atoms with van der Waals surface area (Å²) in [7, 11) is 1.79. The zero-order valence-corrected chi connectivity index (χ0v) is 11.2. The molecular formula is C12H24N4O2. The minimum absolute atomic E-state index is 0.0745. The molecule has 1 aliphatic rings. The van der Waals surface area contributed by atoms with E-state index < -0.39 is 0 Å². The highest BCUT2D eigenvalue weighted by Gasteiger charge is 2.26. The highest BCUT2D eigenvalue weighted by molar-refractivity contribution is 5.92. The molecule has 0 aliphatic carbocycles. The van der Waals surface area contributed by atoms with Crippen molar-refractivity contribution in [2.75, 3.05) is 33.4 Å². The van der Waals surface area contributed by atoms with Gasteiger partial charge in [0.2, 0.25) is 0 Å². The highest BCUT2D eigenvalue weighted by Crippen LogP contribution is 2.24. The van der Waals surface area contributed by atoms with Crippen molar-refractivity contribution in [3.05, 3.63) is 11.9 Å². The van der Waals surface area contributed by atoms with Crippen molar-refractivity contribution in [1.82, 2.24) is 10.6 Å². The van der Waals surface area contributed by atoms with Crippen LogP contribution in [0.25, 0.3) is 0 Å². The number of hydrogen-bond donors (Lipinski definition) is 4. The monoisotopic (exact) mass is 256 g/mol. The standard InChI is InChI=1S/C12H24N4O2/c1-12(3-7-18-8-4-12)16-10(13)9-11(14-2)15-5-6-17/h9,14-15,17H,3-8H2,1-2H3,(H2,13,16)/b11-9+. The molecule has 6 nitrogen and oxygen atoms in total. The van der Waals surface area contributed by atoms with E-state index in [2.05, 4.69) is 22.5 Å². The van der Waals surface area contributed by atoms with Gasteiger partial charge in [-0.15, -0.1) is 0 Å². The van der Waals surface area contributed by atoms with Crippen LogP contribution in [0.5, 0.6) is 0 Å². The number of nitrogens with one attached hydrogen (secondary N) is 2. The molecule has 1 fully saturated rings. The molecule has 0 unspecified atom stereocenters. The number of nitrogens with two attached hydrogens (primary N) is 1. The third-order valence-corrected chi connectivity index (χ3v) is 2.96. The molecule has 0 saturated carbocycles. The zero-order chi connectivity index (χ0) is 13.4. The van der Waals surface area contributed by atoms with Gasteiger partial charge in [0.25, 0.3) is 0 Å². The van der Waals surface area contributed by atoms with Crippen molar-refractivity contribution in [2.24, 2.45) is 10.7 Å². The molecule has 0 bridgehead atoms. The van der Waals surface area contributed by atoms with Crippen LogP contribution in [0.3, 0.4) is 0 Å². The van der Waals surface area contributed by atoms with Gasteiger partial charge in [0.05, 0.1) is 12.1 Å². The molecule has 104 valence electrons. The third kappa shape index (κ3) is 4.93. The number of nitrogens with zero attached hydrogens (tertiary/aromatic N) is 1. The maximum absolute atomic E-state index is 8.75. The van der Waals surface area contributed by atoms with Crippen molar-refractivity contribution in [3.63, 3.8) is 0 Å². The molecule has 0 radical (unpaired) electrons. The molecule has 1 saturated heterocycles. The molecule has 0 aromatic rings. The first-order chi connectivity index (χ1) is 8.59. The Balaban J connectivity index is 2.65. The van der Waals surface area contributed by atoms with Gasteiger partial charge in [-0.3, -0.25) is 4.99 Å². The predicted molar refractivity (Wildman–Crippen MR) is 72.3 cm³/mol. The summed E-state index contributed by atoms with van der Waals surface area (Å²) in [4.78, 5) is 4.56. The van der Waals surface area contributed by atoms with Crippen molar-refractivity contribution in [2.45, 2.75) is 25.3 Å². The van der Waals surface area contributed by atoms with Crippen molar-refractivity contribution >= 4 is 5.84 Å². The number of aliphatic hydroxyl groups is 1. The van der Waals surface area contributed by atoms with Gasteiger partial charge >= 0.3 is 0 Å². The molecule has 5 N–H and O–H groups in total. The van der Waals surface area contributed by atoms with Crippen molar-refractivity contribution < 1.29 is 9.84 Å². The second-order valence-electron chi connectivity index (χ2n) is 4.60. The Morgan fingerprint density at radius 2 is 2.17 bits per heavy atom. The lowest BCUT2D eigenvalue weighted by atomic mass is 9.93. The number of aliphatic hydroxyl groups excluding tert-OH is 1. The van der Waals surface area contributed by atoms with Crippen LogP contribution in [0.15, 0.2) is 16.9 Å². The van der Waals surface area contributed by atoms with Crippen LogP contribution >= 0.6 is 0 Å². The normalized spacial score (nSPS) is 20.6. The summed E-state index contributed by atoms with van der Waals surface area (Å²) in [5.74, 6) is 1.23. The first kappa shape index (κ1) is 14.8. The molecule has 0 aromatic carbocycles. The minimum Gasteiger partial charge on any atom is -0.395 e. The fraction of sp³-hybridized carbons (Fsp3) is 0.750. The van der Waals surface area contributed by atoms with Crippen molar-refractivity contribution in [3.8, 4) is 0 Å². The average Bonchev–Trinajstić information content (AvgIpc) is 2.34.